The van der Waals surface area contributed by atoms with Gasteiger partial charge in [-0.15, -0.1) is 0 Å². The second-order valence-electron chi connectivity index (χ2n) is 16.6. The Labute approximate surface area is 336 Å². The number of nitrogens with one attached hydrogen (secondary N) is 2. The lowest BCUT2D eigenvalue weighted by atomic mass is 9.94. The third-order valence-corrected chi connectivity index (χ3v) is 10.3. The number of amides is 5. The van der Waals surface area contributed by atoms with Crippen LogP contribution in [-0.2, 0) is 42.1 Å². The highest BCUT2D eigenvalue weighted by Crippen LogP contribution is 2.34. The first-order chi connectivity index (χ1) is 26.2. The first-order valence-electron chi connectivity index (χ1n) is 19.3. The predicted molar refractivity (Wildman–Crippen MR) is 215 cm³/mol. The number of hydrogen-bond donors (Lipinski definition) is 2. The molecule has 4 atom stereocenters. The normalized spacial score (nSPS) is 21.4. The molecule has 0 saturated heterocycles. The number of halogens is 1. The lowest BCUT2D eigenvalue weighted by Crippen LogP contribution is -2.59. The van der Waals surface area contributed by atoms with Gasteiger partial charge in [0.05, 0.1) is 19.4 Å². The van der Waals surface area contributed by atoms with Crippen molar-refractivity contribution in [3.63, 3.8) is 0 Å². The summed E-state index contributed by atoms with van der Waals surface area (Å²) in [5, 5.41) is 10.5. The molecule has 308 valence electrons. The summed E-state index contributed by atoms with van der Waals surface area (Å²) >= 11 is 6.51. The number of benzene rings is 1. The van der Waals surface area contributed by atoms with E-state index in [1.807, 2.05) is 46.2 Å². The second-order valence-corrected chi connectivity index (χ2v) is 17.0. The van der Waals surface area contributed by atoms with E-state index >= 15 is 0 Å². The molecule has 5 amide bonds. The van der Waals surface area contributed by atoms with E-state index in [1.165, 1.54) is 16.8 Å². The number of ether oxygens (including phenoxy) is 2. The Morgan fingerprint density at radius 3 is 2.43 bits per heavy atom. The summed E-state index contributed by atoms with van der Waals surface area (Å²) in [6.07, 6.45) is 6.78. The molecule has 1 saturated carbocycles. The first kappa shape index (κ1) is 44.3. The molecular formula is C41H60ClN7O7. The van der Waals surface area contributed by atoms with Crippen LogP contribution in [0.5, 0.6) is 0 Å². The van der Waals surface area contributed by atoms with Crippen LogP contribution >= 0.6 is 11.6 Å². The summed E-state index contributed by atoms with van der Waals surface area (Å²) in [6, 6.07) is 1.54. The summed E-state index contributed by atoms with van der Waals surface area (Å²) in [6.45, 7) is 11.7. The molecule has 2 aliphatic rings. The average Bonchev–Trinajstić information content (AvgIpc) is 3.87. The van der Waals surface area contributed by atoms with Crippen molar-refractivity contribution in [1.29, 1.82) is 0 Å². The van der Waals surface area contributed by atoms with Gasteiger partial charge >= 0.3 is 6.09 Å². The minimum Gasteiger partial charge on any atom is -0.444 e. The van der Waals surface area contributed by atoms with Crippen molar-refractivity contribution in [2.75, 3.05) is 40.9 Å². The third kappa shape index (κ3) is 12.3. The molecule has 1 aliphatic carbocycles. The van der Waals surface area contributed by atoms with Crippen LogP contribution in [0, 0.1) is 11.8 Å². The van der Waals surface area contributed by atoms with Gasteiger partial charge in [0, 0.05) is 57.9 Å². The highest BCUT2D eigenvalue weighted by molar-refractivity contribution is 6.30. The number of hydrogen-bond acceptors (Lipinski definition) is 8. The Morgan fingerprint density at radius 1 is 1.12 bits per heavy atom. The van der Waals surface area contributed by atoms with E-state index in [0.29, 0.717) is 5.02 Å². The molecule has 14 nitrogen and oxygen atoms in total. The van der Waals surface area contributed by atoms with Gasteiger partial charge in [0.25, 0.3) is 0 Å². The van der Waals surface area contributed by atoms with Gasteiger partial charge in [0.15, 0.2) is 0 Å². The third-order valence-electron chi connectivity index (χ3n) is 10.0. The van der Waals surface area contributed by atoms with Crippen LogP contribution in [0.3, 0.4) is 0 Å². The molecule has 4 rings (SSSR count). The zero-order chi connectivity index (χ0) is 41.5. The van der Waals surface area contributed by atoms with Crippen molar-refractivity contribution in [1.82, 2.24) is 35.1 Å². The second kappa shape index (κ2) is 19.1. The van der Waals surface area contributed by atoms with Crippen molar-refractivity contribution < 1.29 is 33.4 Å². The molecule has 2 N–H and O–H groups in total. The van der Waals surface area contributed by atoms with Gasteiger partial charge in [0.1, 0.15) is 29.8 Å². The van der Waals surface area contributed by atoms with Crippen LogP contribution in [0.1, 0.15) is 72.8 Å². The van der Waals surface area contributed by atoms with Gasteiger partial charge in [-0.1, -0.05) is 43.2 Å². The van der Waals surface area contributed by atoms with Crippen LogP contribution in [0.4, 0.5) is 4.79 Å². The number of rotatable bonds is 9. The number of carbonyl (C=O) groups is 5. The molecule has 1 aromatic carbocycles. The largest absolute Gasteiger partial charge is 0.444 e. The summed E-state index contributed by atoms with van der Waals surface area (Å²) in [5.41, 5.74) is 2.47. The fraction of sp³-hybridized carbons (Fsp3) is 0.610. The molecular weight excluding hydrogens is 738 g/mol. The zero-order valence-corrected chi connectivity index (χ0v) is 35.3. The smallest absolute Gasteiger partial charge is 0.408 e. The molecule has 0 spiro atoms. The fourth-order valence-electron chi connectivity index (χ4n) is 6.76. The van der Waals surface area contributed by atoms with E-state index in [-0.39, 0.29) is 56.8 Å². The first-order valence-corrected chi connectivity index (χ1v) is 19.7. The molecule has 1 aliphatic heterocycles. The Bertz CT molecular complexity index is 1770. The monoisotopic (exact) mass is 797 g/mol. The van der Waals surface area contributed by atoms with E-state index in [2.05, 4.69) is 15.7 Å². The topological polar surface area (TPSA) is 155 Å². The highest BCUT2D eigenvalue weighted by atomic mass is 35.5. The van der Waals surface area contributed by atoms with E-state index in [1.54, 1.807) is 62.8 Å². The summed E-state index contributed by atoms with van der Waals surface area (Å²) < 4.78 is 13.1. The van der Waals surface area contributed by atoms with Crippen molar-refractivity contribution >= 4 is 41.3 Å². The molecule has 1 fully saturated rings. The molecule has 0 radical (unpaired) electrons. The van der Waals surface area contributed by atoms with Crippen molar-refractivity contribution in [3.8, 4) is 11.1 Å². The van der Waals surface area contributed by atoms with E-state index in [4.69, 9.17) is 21.1 Å². The minimum absolute atomic E-state index is 0.0143. The standard InChI is InChI=1S/C41H60ClN7O7/c1-25(2)19-32-37(51)49(10)34(21-28-20-30(42)14-15-31(28)29-22-43-47(8)23-29)38(52)46(7)17-18-55-24-26(3)11-16-33(36(50)44-32)48(9)39(53)35(27-12-13-27)45-40(54)56-41(4,5)6/h11,14-15,20,22-23,25,27,32-35H,12-13,16-19,21,24H2,1-10H3,(H,44,50)(H,45,54)/t32-,33-,34-,35-/m0/s1. The van der Waals surface area contributed by atoms with Crippen molar-refractivity contribution in [2.24, 2.45) is 18.9 Å². The SMILES string of the molecule is CC1=CC[C@H](N(C)C(=O)[C@@H](NC(=O)OC(C)(C)C)C2CC2)C(=O)N[C@@H](CC(C)C)C(=O)N(C)[C@@H](Cc2cc(Cl)ccc2-c2cnn(C)c2)C(=O)N(C)CCOC1. The number of alkyl carbamates (subject to hydrolysis) is 1. The molecule has 2 heterocycles. The maximum absolute atomic E-state index is 14.6. The van der Waals surface area contributed by atoms with Crippen LogP contribution in [-0.4, -0.2) is 125 Å². The Kier molecular flexibility index (Phi) is 15.1. The maximum atomic E-state index is 14.6. The highest BCUT2D eigenvalue weighted by Gasteiger charge is 2.42. The minimum atomic E-state index is -1.03. The van der Waals surface area contributed by atoms with Gasteiger partial charge in [-0.25, -0.2) is 4.79 Å². The van der Waals surface area contributed by atoms with E-state index in [9.17, 15) is 24.0 Å². The lowest BCUT2D eigenvalue weighted by Gasteiger charge is -2.35. The summed E-state index contributed by atoms with van der Waals surface area (Å²) in [5.74, 6) is -1.83. The zero-order valence-electron chi connectivity index (χ0n) is 34.6. The van der Waals surface area contributed by atoms with Gasteiger partial charge < -0.3 is 34.8 Å². The van der Waals surface area contributed by atoms with Gasteiger partial charge in [-0.3, -0.25) is 23.9 Å². The average molecular weight is 798 g/mol. The number of likely N-dealkylation sites (N-methyl/N-ethyl adjacent to an activating group) is 3. The van der Waals surface area contributed by atoms with E-state index < -0.39 is 53.6 Å². The van der Waals surface area contributed by atoms with Gasteiger partial charge in [-0.05, 0) is 88.5 Å². The van der Waals surface area contributed by atoms with Gasteiger partial charge in [-0.2, -0.15) is 5.10 Å². The fourth-order valence-corrected chi connectivity index (χ4v) is 6.96. The maximum Gasteiger partial charge on any atom is 0.408 e. The van der Waals surface area contributed by atoms with Crippen LogP contribution in [0.2, 0.25) is 5.02 Å². The van der Waals surface area contributed by atoms with E-state index in [0.717, 1.165) is 35.1 Å². The Hall–Kier alpha value is -4.43. The molecule has 15 heteroatoms. The van der Waals surface area contributed by atoms with Crippen LogP contribution in [0.15, 0.2) is 42.2 Å². The number of nitrogens with zero attached hydrogens (tertiary/aromatic N) is 5. The molecule has 0 bridgehead atoms. The molecule has 56 heavy (non-hydrogen) atoms. The lowest BCUT2D eigenvalue weighted by molar-refractivity contribution is -0.147. The summed E-state index contributed by atoms with van der Waals surface area (Å²) in [7, 11) is 6.62. The number of aryl methyl sites for hydroxylation is 1. The number of aromatic nitrogens is 2. The quantitative estimate of drug-likeness (QED) is 0.349. The summed E-state index contributed by atoms with van der Waals surface area (Å²) in [4.78, 5) is 74.6. The number of carbonyl (C=O) groups excluding carboxylic acids is 5. The molecule has 1 aromatic heterocycles. The predicted octanol–water partition coefficient (Wildman–Crippen LogP) is 4.60. The molecule has 0 unspecified atom stereocenters. The Morgan fingerprint density at radius 2 is 1.82 bits per heavy atom. The molecule has 2 aromatic rings. The van der Waals surface area contributed by atoms with Gasteiger partial charge in [0.2, 0.25) is 23.6 Å². The van der Waals surface area contributed by atoms with Crippen LogP contribution in [0.25, 0.3) is 11.1 Å². The van der Waals surface area contributed by atoms with Crippen LogP contribution < -0.4 is 10.6 Å². The van der Waals surface area contributed by atoms with Crippen molar-refractivity contribution in [2.45, 2.75) is 103 Å². The Balaban J connectivity index is 1.70. The van der Waals surface area contributed by atoms with Crippen molar-refractivity contribution in [3.05, 3.63) is 52.8 Å².